The first-order valence-electron chi connectivity index (χ1n) is 12.7. The van der Waals surface area contributed by atoms with Crippen molar-refractivity contribution >= 4 is 33.1 Å². The minimum absolute atomic E-state index is 0.0188. The lowest BCUT2D eigenvalue weighted by Gasteiger charge is -2.46. The number of hydrogen-bond acceptors (Lipinski definition) is 2. The summed E-state index contributed by atoms with van der Waals surface area (Å²) < 4.78 is 1.04. The summed E-state index contributed by atoms with van der Waals surface area (Å²) in [5, 5.41) is 0. The second kappa shape index (κ2) is 9.00. The summed E-state index contributed by atoms with van der Waals surface area (Å²) in [6.45, 7) is 6.74. The highest BCUT2D eigenvalue weighted by Crippen LogP contribution is 2.57. The van der Waals surface area contributed by atoms with Crippen molar-refractivity contribution in [3.63, 3.8) is 0 Å². The van der Waals surface area contributed by atoms with Crippen LogP contribution in [0.5, 0.6) is 0 Å². The summed E-state index contributed by atoms with van der Waals surface area (Å²) >= 11 is 3.78. The SMILES string of the molecule is CC(C)(C)c1ccnc(N2c3ccccc3C(c3ccccc3)(c3ccccc3)c3ccc(Br)cc32)c1. The van der Waals surface area contributed by atoms with Gasteiger partial charge >= 0.3 is 0 Å². The molecule has 0 saturated carbocycles. The Labute approximate surface area is 227 Å². The molecule has 182 valence electrons. The van der Waals surface area contributed by atoms with Gasteiger partial charge in [-0.3, -0.25) is 4.90 Å². The van der Waals surface area contributed by atoms with Crippen molar-refractivity contribution in [2.75, 3.05) is 4.90 Å². The number of pyridine rings is 1. The molecule has 0 amide bonds. The number of hydrogen-bond donors (Lipinski definition) is 0. The van der Waals surface area contributed by atoms with E-state index >= 15 is 0 Å². The molecule has 0 fully saturated rings. The zero-order valence-electron chi connectivity index (χ0n) is 21.3. The molecule has 2 nitrogen and oxygen atoms in total. The molecule has 0 bridgehead atoms. The van der Waals surface area contributed by atoms with E-state index in [0.29, 0.717) is 0 Å². The van der Waals surface area contributed by atoms with Crippen LogP contribution in [-0.4, -0.2) is 4.98 Å². The number of nitrogens with zero attached hydrogens (tertiary/aromatic N) is 2. The number of aromatic nitrogens is 1. The molecule has 0 spiro atoms. The van der Waals surface area contributed by atoms with Crippen LogP contribution in [0.25, 0.3) is 0 Å². The molecule has 2 heterocycles. The van der Waals surface area contributed by atoms with Crippen LogP contribution in [0.4, 0.5) is 17.2 Å². The van der Waals surface area contributed by atoms with Gasteiger partial charge in [0.25, 0.3) is 0 Å². The lowest BCUT2D eigenvalue weighted by molar-refractivity contribution is 0.589. The molecule has 0 radical (unpaired) electrons. The maximum atomic E-state index is 4.91. The average Bonchev–Trinajstić information content (AvgIpc) is 2.92. The topological polar surface area (TPSA) is 16.1 Å². The Morgan fingerprint density at radius 2 is 1.24 bits per heavy atom. The van der Waals surface area contributed by atoms with Crippen LogP contribution in [0.3, 0.4) is 0 Å². The van der Waals surface area contributed by atoms with E-state index in [2.05, 4.69) is 157 Å². The Hall–Kier alpha value is -3.69. The second-order valence-corrected chi connectivity index (χ2v) is 11.6. The molecular formula is C34H29BrN2. The van der Waals surface area contributed by atoms with Gasteiger partial charge in [0.05, 0.1) is 16.8 Å². The van der Waals surface area contributed by atoms with Crippen molar-refractivity contribution in [3.8, 4) is 0 Å². The summed E-state index contributed by atoms with van der Waals surface area (Å²) in [7, 11) is 0. The van der Waals surface area contributed by atoms with Crippen LogP contribution in [0.2, 0.25) is 0 Å². The highest BCUT2D eigenvalue weighted by Gasteiger charge is 2.46. The normalized spacial score (nSPS) is 14.1. The lowest BCUT2D eigenvalue weighted by Crippen LogP contribution is -2.38. The largest absolute Gasteiger partial charge is 0.294 e. The molecule has 0 unspecified atom stereocenters. The van der Waals surface area contributed by atoms with E-state index in [1.54, 1.807) is 0 Å². The fraction of sp³-hybridized carbons (Fsp3) is 0.147. The van der Waals surface area contributed by atoms with Crippen LogP contribution in [0.1, 0.15) is 48.6 Å². The third kappa shape index (κ3) is 3.81. The van der Waals surface area contributed by atoms with Crippen LogP contribution in [0.15, 0.2) is 126 Å². The first-order chi connectivity index (χ1) is 17.9. The summed E-state index contributed by atoms with van der Waals surface area (Å²) in [5.74, 6) is 0.925. The van der Waals surface area contributed by atoms with E-state index in [4.69, 9.17) is 4.98 Å². The number of benzene rings is 4. The van der Waals surface area contributed by atoms with Crippen LogP contribution < -0.4 is 4.90 Å². The molecule has 1 aliphatic heterocycles. The van der Waals surface area contributed by atoms with E-state index in [1.165, 1.54) is 27.8 Å². The van der Waals surface area contributed by atoms with Gasteiger partial charge in [-0.25, -0.2) is 4.98 Å². The van der Waals surface area contributed by atoms with Gasteiger partial charge in [0, 0.05) is 10.7 Å². The van der Waals surface area contributed by atoms with Gasteiger partial charge in [0.2, 0.25) is 0 Å². The zero-order valence-corrected chi connectivity index (χ0v) is 22.9. The molecule has 0 aliphatic carbocycles. The Kier molecular flexibility index (Phi) is 5.77. The zero-order chi connectivity index (χ0) is 25.6. The Morgan fingerprint density at radius 3 is 1.89 bits per heavy atom. The summed E-state index contributed by atoms with van der Waals surface area (Å²) in [6.07, 6.45) is 1.94. The molecular weight excluding hydrogens is 516 g/mol. The van der Waals surface area contributed by atoms with E-state index < -0.39 is 5.41 Å². The highest BCUT2D eigenvalue weighted by molar-refractivity contribution is 9.10. The van der Waals surface area contributed by atoms with E-state index in [1.807, 2.05) is 6.20 Å². The Bertz CT molecular complexity index is 1530. The minimum atomic E-state index is -0.479. The number of fused-ring (bicyclic) bond motifs is 2. The number of para-hydroxylation sites is 1. The third-order valence-electron chi connectivity index (χ3n) is 7.41. The van der Waals surface area contributed by atoms with Crippen molar-refractivity contribution in [1.29, 1.82) is 0 Å². The smallest absolute Gasteiger partial charge is 0.137 e. The first-order valence-corrected chi connectivity index (χ1v) is 13.5. The Morgan fingerprint density at radius 1 is 0.649 bits per heavy atom. The van der Waals surface area contributed by atoms with Crippen LogP contribution >= 0.6 is 15.9 Å². The lowest BCUT2D eigenvalue weighted by atomic mass is 9.62. The molecule has 6 rings (SSSR count). The summed E-state index contributed by atoms with van der Waals surface area (Å²) in [5.41, 5.74) is 8.02. The van der Waals surface area contributed by atoms with Crippen molar-refractivity contribution in [3.05, 3.63) is 154 Å². The fourth-order valence-corrected chi connectivity index (χ4v) is 6.04. The Balaban J connectivity index is 1.74. The van der Waals surface area contributed by atoms with E-state index in [9.17, 15) is 0 Å². The molecule has 1 aliphatic rings. The third-order valence-corrected chi connectivity index (χ3v) is 7.90. The van der Waals surface area contributed by atoms with Crippen LogP contribution in [0, 0.1) is 0 Å². The van der Waals surface area contributed by atoms with E-state index in [0.717, 1.165) is 21.7 Å². The number of halogens is 1. The monoisotopic (exact) mass is 544 g/mol. The van der Waals surface area contributed by atoms with Crippen molar-refractivity contribution in [2.24, 2.45) is 0 Å². The molecule has 1 aromatic heterocycles. The summed E-state index contributed by atoms with van der Waals surface area (Å²) in [4.78, 5) is 7.24. The molecule has 0 saturated heterocycles. The molecule has 0 atom stereocenters. The predicted molar refractivity (Wildman–Crippen MR) is 157 cm³/mol. The quantitative estimate of drug-likeness (QED) is 0.220. The van der Waals surface area contributed by atoms with Gasteiger partial charge in [0.15, 0.2) is 0 Å². The predicted octanol–water partition coefficient (Wildman–Crippen LogP) is 9.31. The maximum absolute atomic E-state index is 4.91. The van der Waals surface area contributed by atoms with Gasteiger partial charge in [-0.15, -0.1) is 0 Å². The van der Waals surface area contributed by atoms with Gasteiger partial charge < -0.3 is 0 Å². The first kappa shape index (κ1) is 23.7. The van der Waals surface area contributed by atoms with Gasteiger partial charge in [0.1, 0.15) is 5.82 Å². The molecule has 5 aromatic rings. The van der Waals surface area contributed by atoms with Gasteiger partial charge in [-0.1, -0.05) is 122 Å². The van der Waals surface area contributed by atoms with Gasteiger partial charge in [-0.2, -0.15) is 0 Å². The minimum Gasteiger partial charge on any atom is -0.294 e. The van der Waals surface area contributed by atoms with Crippen LogP contribution in [-0.2, 0) is 10.8 Å². The number of anilines is 3. The highest BCUT2D eigenvalue weighted by atomic mass is 79.9. The average molecular weight is 546 g/mol. The van der Waals surface area contributed by atoms with Crippen molar-refractivity contribution in [2.45, 2.75) is 31.6 Å². The molecule has 37 heavy (non-hydrogen) atoms. The molecule has 0 N–H and O–H groups in total. The standard InChI is InChI=1S/C34H29BrN2/c1-33(2,3)26-20-21-36-32(22-26)37-30-17-11-10-16-28(30)34(24-12-6-4-7-13-24,25-14-8-5-9-15-25)29-19-18-27(35)23-31(29)37/h4-23H,1-3H3. The van der Waals surface area contributed by atoms with Crippen molar-refractivity contribution < 1.29 is 0 Å². The van der Waals surface area contributed by atoms with Gasteiger partial charge in [-0.05, 0) is 63.6 Å². The maximum Gasteiger partial charge on any atom is 0.137 e. The molecule has 3 heteroatoms. The van der Waals surface area contributed by atoms with E-state index in [-0.39, 0.29) is 5.41 Å². The molecule has 4 aromatic carbocycles. The second-order valence-electron chi connectivity index (χ2n) is 10.6. The van der Waals surface area contributed by atoms with Crippen molar-refractivity contribution in [1.82, 2.24) is 4.98 Å². The fourth-order valence-electron chi connectivity index (χ4n) is 5.69. The summed E-state index contributed by atoms with van der Waals surface area (Å²) in [6, 6.07) is 41.6. The number of rotatable bonds is 3.